The predicted molar refractivity (Wildman–Crippen MR) is 115 cm³/mol. The van der Waals surface area contributed by atoms with Crippen LogP contribution in [0.25, 0.3) is 10.6 Å². The molecule has 4 heterocycles. The van der Waals surface area contributed by atoms with Gasteiger partial charge in [-0.1, -0.05) is 13.0 Å². The second kappa shape index (κ2) is 8.51. The van der Waals surface area contributed by atoms with Crippen molar-refractivity contribution in [1.29, 1.82) is 0 Å². The van der Waals surface area contributed by atoms with E-state index < -0.39 is 0 Å². The SMILES string of the molecule is Cc1nc(-c2ccsc2)sc1C(=O)NC1CCN(Cc2ccccn2)CC1C. The summed E-state index contributed by atoms with van der Waals surface area (Å²) < 4.78 is 0. The number of carbonyl (C=O) groups is 1. The number of amides is 1. The Bertz CT molecular complexity index is 923. The highest BCUT2D eigenvalue weighted by atomic mass is 32.1. The summed E-state index contributed by atoms with van der Waals surface area (Å²) in [5.41, 5.74) is 3.00. The first-order valence-corrected chi connectivity index (χ1v) is 11.3. The molecule has 146 valence electrons. The minimum Gasteiger partial charge on any atom is -0.348 e. The van der Waals surface area contributed by atoms with Gasteiger partial charge in [0.15, 0.2) is 0 Å². The molecule has 4 rings (SSSR count). The van der Waals surface area contributed by atoms with Crippen LogP contribution in [0.2, 0.25) is 0 Å². The summed E-state index contributed by atoms with van der Waals surface area (Å²) in [7, 11) is 0. The third-order valence-electron chi connectivity index (χ3n) is 5.19. The lowest BCUT2D eigenvalue weighted by molar-refractivity contribution is 0.0862. The summed E-state index contributed by atoms with van der Waals surface area (Å²) >= 11 is 3.13. The number of pyridine rings is 1. The summed E-state index contributed by atoms with van der Waals surface area (Å²) in [5.74, 6) is 0.400. The Morgan fingerprint density at radius 1 is 1.36 bits per heavy atom. The number of nitrogens with one attached hydrogen (secondary N) is 1. The van der Waals surface area contributed by atoms with Crippen LogP contribution in [0, 0.1) is 12.8 Å². The molecule has 1 fully saturated rings. The minimum atomic E-state index is 0.00602. The number of carbonyl (C=O) groups excluding carboxylic acids is 1. The second-order valence-corrected chi connectivity index (χ2v) is 9.13. The number of rotatable bonds is 5. The van der Waals surface area contributed by atoms with Crippen molar-refractivity contribution < 1.29 is 4.79 Å². The molecule has 1 aliphatic rings. The molecule has 1 saturated heterocycles. The highest BCUT2D eigenvalue weighted by molar-refractivity contribution is 7.17. The number of aromatic nitrogens is 2. The molecule has 1 amide bonds. The van der Waals surface area contributed by atoms with Gasteiger partial charge in [0.05, 0.1) is 11.4 Å². The van der Waals surface area contributed by atoms with Crippen LogP contribution in [0.5, 0.6) is 0 Å². The molecule has 28 heavy (non-hydrogen) atoms. The van der Waals surface area contributed by atoms with E-state index in [1.54, 1.807) is 11.3 Å². The molecule has 7 heteroatoms. The fraction of sp³-hybridized carbons (Fsp3) is 0.381. The van der Waals surface area contributed by atoms with Gasteiger partial charge in [0, 0.05) is 42.8 Å². The third kappa shape index (κ3) is 4.32. The zero-order valence-electron chi connectivity index (χ0n) is 16.1. The molecule has 0 aliphatic carbocycles. The van der Waals surface area contributed by atoms with E-state index in [0.29, 0.717) is 5.92 Å². The third-order valence-corrected chi connectivity index (χ3v) is 7.08. The zero-order valence-corrected chi connectivity index (χ0v) is 17.7. The Morgan fingerprint density at radius 3 is 2.96 bits per heavy atom. The lowest BCUT2D eigenvalue weighted by Gasteiger charge is -2.37. The van der Waals surface area contributed by atoms with Crippen LogP contribution in [0.1, 0.15) is 34.4 Å². The zero-order chi connectivity index (χ0) is 19.5. The summed E-state index contributed by atoms with van der Waals surface area (Å²) in [6.07, 6.45) is 2.79. The van der Waals surface area contributed by atoms with E-state index in [9.17, 15) is 4.79 Å². The number of thiophene rings is 1. The Hall–Kier alpha value is -2.09. The van der Waals surface area contributed by atoms with Crippen molar-refractivity contribution in [3.05, 3.63) is 57.5 Å². The molecule has 0 bridgehead atoms. The Balaban J connectivity index is 1.36. The number of piperidine rings is 1. The van der Waals surface area contributed by atoms with Crippen LogP contribution in [-0.2, 0) is 6.54 Å². The van der Waals surface area contributed by atoms with Crippen LogP contribution in [0.15, 0.2) is 41.2 Å². The first kappa shape index (κ1) is 19.2. The standard InChI is InChI=1S/C21H24N4OS2/c1-14-11-25(12-17-5-3-4-8-22-17)9-6-18(14)24-20(26)19-15(2)23-21(28-19)16-7-10-27-13-16/h3-5,7-8,10,13-14,18H,6,9,11-12H2,1-2H3,(H,24,26). The molecule has 0 saturated carbocycles. The largest absolute Gasteiger partial charge is 0.348 e. The van der Waals surface area contributed by atoms with Gasteiger partial charge in [-0.05, 0) is 42.8 Å². The van der Waals surface area contributed by atoms with Gasteiger partial charge >= 0.3 is 0 Å². The fourth-order valence-electron chi connectivity index (χ4n) is 3.66. The molecule has 0 radical (unpaired) electrons. The van der Waals surface area contributed by atoms with Gasteiger partial charge in [-0.25, -0.2) is 4.98 Å². The van der Waals surface area contributed by atoms with Gasteiger partial charge in [0.25, 0.3) is 5.91 Å². The molecule has 3 aromatic heterocycles. The topological polar surface area (TPSA) is 58.1 Å². The van der Waals surface area contributed by atoms with E-state index in [1.807, 2.05) is 36.7 Å². The van der Waals surface area contributed by atoms with E-state index in [-0.39, 0.29) is 11.9 Å². The number of likely N-dealkylation sites (tertiary alicyclic amines) is 1. The first-order chi connectivity index (χ1) is 13.6. The Morgan fingerprint density at radius 2 is 2.25 bits per heavy atom. The van der Waals surface area contributed by atoms with Crippen molar-refractivity contribution in [3.63, 3.8) is 0 Å². The fourth-order valence-corrected chi connectivity index (χ4v) is 5.34. The summed E-state index contributed by atoms with van der Waals surface area (Å²) in [6, 6.07) is 8.28. The molecular weight excluding hydrogens is 388 g/mol. The molecule has 5 nitrogen and oxygen atoms in total. The monoisotopic (exact) mass is 412 g/mol. The number of aryl methyl sites for hydroxylation is 1. The van der Waals surface area contributed by atoms with Gasteiger partial charge in [-0.2, -0.15) is 11.3 Å². The smallest absolute Gasteiger partial charge is 0.263 e. The van der Waals surface area contributed by atoms with Gasteiger partial charge < -0.3 is 5.32 Å². The van der Waals surface area contributed by atoms with Gasteiger partial charge in [0.1, 0.15) is 9.88 Å². The van der Waals surface area contributed by atoms with Crippen LogP contribution < -0.4 is 5.32 Å². The highest BCUT2D eigenvalue weighted by Crippen LogP contribution is 2.29. The van der Waals surface area contributed by atoms with Crippen LogP contribution >= 0.6 is 22.7 Å². The molecule has 3 aromatic rings. The van der Waals surface area contributed by atoms with E-state index in [1.165, 1.54) is 11.3 Å². The maximum absolute atomic E-state index is 12.9. The molecule has 2 atom stereocenters. The van der Waals surface area contributed by atoms with E-state index in [2.05, 4.69) is 38.6 Å². The highest BCUT2D eigenvalue weighted by Gasteiger charge is 2.28. The summed E-state index contributed by atoms with van der Waals surface area (Å²) in [5, 5.41) is 8.28. The van der Waals surface area contributed by atoms with Crippen molar-refractivity contribution in [2.24, 2.45) is 5.92 Å². The van der Waals surface area contributed by atoms with E-state index in [4.69, 9.17) is 0 Å². The average Bonchev–Trinajstić information content (AvgIpc) is 3.34. The molecule has 1 N–H and O–H groups in total. The average molecular weight is 413 g/mol. The maximum atomic E-state index is 12.9. The minimum absolute atomic E-state index is 0.00602. The summed E-state index contributed by atoms with van der Waals surface area (Å²) in [4.78, 5) is 25.0. The number of nitrogens with zero attached hydrogens (tertiary/aromatic N) is 3. The molecule has 0 aromatic carbocycles. The van der Waals surface area contributed by atoms with E-state index >= 15 is 0 Å². The summed E-state index contributed by atoms with van der Waals surface area (Å²) in [6.45, 7) is 6.92. The maximum Gasteiger partial charge on any atom is 0.263 e. The van der Waals surface area contributed by atoms with Crippen molar-refractivity contribution in [2.75, 3.05) is 13.1 Å². The molecular formula is C21H24N4OS2. The van der Waals surface area contributed by atoms with Crippen molar-refractivity contribution in [1.82, 2.24) is 20.2 Å². The lowest BCUT2D eigenvalue weighted by Crippen LogP contribution is -2.49. The van der Waals surface area contributed by atoms with Gasteiger partial charge in [0.2, 0.25) is 0 Å². The number of hydrogen-bond acceptors (Lipinski definition) is 6. The van der Waals surface area contributed by atoms with Crippen LogP contribution in [0.3, 0.4) is 0 Å². The van der Waals surface area contributed by atoms with Crippen molar-refractivity contribution in [3.8, 4) is 10.6 Å². The van der Waals surface area contributed by atoms with Crippen LogP contribution in [-0.4, -0.2) is 39.9 Å². The second-order valence-electron chi connectivity index (χ2n) is 7.35. The molecule has 1 aliphatic heterocycles. The van der Waals surface area contributed by atoms with Crippen molar-refractivity contribution >= 4 is 28.6 Å². The molecule has 0 spiro atoms. The van der Waals surface area contributed by atoms with E-state index in [0.717, 1.165) is 52.9 Å². The normalized spacial score (nSPS) is 20.2. The quantitative estimate of drug-likeness (QED) is 0.682. The number of thiazole rings is 1. The Kier molecular flexibility index (Phi) is 5.85. The van der Waals surface area contributed by atoms with Gasteiger partial charge in [-0.3, -0.25) is 14.7 Å². The predicted octanol–water partition coefficient (Wildman–Crippen LogP) is 4.22. The first-order valence-electron chi connectivity index (χ1n) is 9.53. The Labute approximate surface area is 173 Å². The van der Waals surface area contributed by atoms with Crippen LogP contribution in [0.4, 0.5) is 0 Å². The molecule has 2 unspecified atom stereocenters. The number of hydrogen-bond donors (Lipinski definition) is 1. The lowest BCUT2D eigenvalue weighted by atomic mass is 9.93. The van der Waals surface area contributed by atoms with Gasteiger partial charge in [-0.15, -0.1) is 11.3 Å². The van der Waals surface area contributed by atoms with Crippen molar-refractivity contribution in [2.45, 2.75) is 32.9 Å².